The average molecular weight is 788 g/mol. The number of nitrogens with one attached hydrogen (secondary N) is 1. The number of carbonyl (C=O) groups excluding carboxylic acids is 5. The number of hydrogen-bond acceptors (Lipinski definition) is 9. The highest BCUT2D eigenvalue weighted by Gasteiger charge is 2.47. The van der Waals surface area contributed by atoms with E-state index < -0.39 is 29.7 Å². The smallest absolute Gasteiger partial charge is 0.262 e. The molecule has 0 bridgehead atoms. The molecule has 6 aliphatic heterocycles. The van der Waals surface area contributed by atoms with E-state index in [1.54, 1.807) is 0 Å². The molecule has 1 unspecified atom stereocenters. The van der Waals surface area contributed by atoms with Gasteiger partial charge in [0, 0.05) is 81.8 Å². The molecule has 0 radical (unpaired) electrons. The number of likely N-dealkylation sites (tertiary alicyclic amines) is 1. The van der Waals surface area contributed by atoms with E-state index >= 15 is 0 Å². The number of rotatable bonds is 6. The lowest BCUT2D eigenvalue weighted by Gasteiger charge is -2.44. The Morgan fingerprint density at radius 3 is 2.09 bits per heavy atom. The largest absolute Gasteiger partial charge is 0.371 e. The highest BCUT2D eigenvalue weighted by Crippen LogP contribution is 2.48. The molecule has 5 amide bonds. The summed E-state index contributed by atoms with van der Waals surface area (Å²) in [6.45, 7) is 8.88. The van der Waals surface area contributed by atoms with Crippen LogP contribution in [0.3, 0.4) is 0 Å². The van der Waals surface area contributed by atoms with Crippen molar-refractivity contribution in [2.45, 2.75) is 77.0 Å². The van der Waals surface area contributed by atoms with Gasteiger partial charge in [0.15, 0.2) is 0 Å². The van der Waals surface area contributed by atoms with Crippen LogP contribution in [0.5, 0.6) is 0 Å². The maximum absolute atomic E-state index is 13.6. The van der Waals surface area contributed by atoms with E-state index in [0.29, 0.717) is 59.9 Å². The molecule has 9 rings (SSSR count). The summed E-state index contributed by atoms with van der Waals surface area (Å²) in [6, 6.07) is 19.1. The van der Waals surface area contributed by atoms with E-state index in [1.807, 2.05) is 47.4 Å². The first-order valence-corrected chi connectivity index (χ1v) is 20.6. The predicted molar refractivity (Wildman–Crippen MR) is 214 cm³/mol. The quantitative estimate of drug-likeness (QED) is 0.327. The highest BCUT2D eigenvalue weighted by molar-refractivity contribution is 6.32. The van der Waals surface area contributed by atoms with Crippen molar-refractivity contribution in [3.05, 3.63) is 93.0 Å². The molecule has 1 N–H and O–H groups in total. The number of halogens is 1. The Labute approximate surface area is 337 Å². The summed E-state index contributed by atoms with van der Waals surface area (Å²) >= 11 is 6.37. The molecule has 6 heterocycles. The van der Waals surface area contributed by atoms with Crippen LogP contribution in [0.4, 0.5) is 11.4 Å². The predicted octanol–water partition coefficient (Wildman–Crippen LogP) is 5.37. The Hall–Kier alpha value is -5.25. The van der Waals surface area contributed by atoms with Crippen molar-refractivity contribution < 1.29 is 24.0 Å². The van der Waals surface area contributed by atoms with Gasteiger partial charge in [-0.05, 0) is 123 Å². The Bertz CT molecular complexity index is 2180. The van der Waals surface area contributed by atoms with Crippen LogP contribution in [0.25, 0.3) is 0 Å². The van der Waals surface area contributed by atoms with Gasteiger partial charge in [-0.2, -0.15) is 5.26 Å². The molecule has 0 saturated carbocycles. The number of imide groups is 2. The van der Waals surface area contributed by atoms with Crippen LogP contribution in [0.1, 0.15) is 99.6 Å². The Kier molecular flexibility index (Phi) is 9.56. The molecule has 1 spiro atoms. The Balaban J connectivity index is 0.747. The monoisotopic (exact) mass is 787 g/mol. The minimum absolute atomic E-state index is 0.0733. The van der Waals surface area contributed by atoms with Gasteiger partial charge in [-0.25, -0.2) is 0 Å². The molecule has 3 aromatic carbocycles. The molecule has 4 fully saturated rings. The van der Waals surface area contributed by atoms with E-state index in [4.69, 9.17) is 11.6 Å². The summed E-state index contributed by atoms with van der Waals surface area (Å²) in [5.41, 5.74) is 6.39. The average Bonchev–Trinajstić information content (AvgIpc) is 3.84. The summed E-state index contributed by atoms with van der Waals surface area (Å²) in [5.74, 6) is -1.44. The Morgan fingerprint density at radius 1 is 0.842 bits per heavy atom. The van der Waals surface area contributed by atoms with E-state index in [9.17, 15) is 29.2 Å². The second kappa shape index (κ2) is 14.6. The molecule has 4 saturated heterocycles. The summed E-state index contributed by atoms with van der Waals surface area (Å²) in [4.78, 5) is 74.5. The SMILES string of the molecule is C[C@H]1N(c2ccc(C#N)c(Cl)c2)CCC12CCN(c1ccc(C(=O)N3CCC(CN4Cc5cc6c(cc5C4)C(=O)N(C4CCC(=O)NC4=O)C6=O)CC3)cc1)CC2. The van der Waals surface area contributed by atoms with Crippen molar-refractivity contribution >= 4 is 52.5 Å². The van der Waals surface area contributed by atoms with Gasteiger partial charge in [0.25, 0.3) is 17.7 Å². The number of carbonyl (C=O) groups is 5. The summed E-state index contributed by atoms with van der Waals surface area (Å²) < 4.78 is 0. The number of benzene rings is 3. The van der Waals surface area contributed by atoms with Crippen molar-refractivity contribution in [1.29, 1.82) is 5.26 Å². The lowest BCUT2D eigenvalue weighted by atomic mass is 9.73. The van der Waals surface area contributed by atoms with Crippen molar-refractivity contribution in [3.63, 3.8) is 0 Å². The third-order valence-corrected chi connectivity index (χ3v) is 14.1. The lowest BCUT2D eigenvalue weighted by molar-refractivity contribution is -0.136. The van der Waals surface area contributed by atoms with Crippen LogP contribution in [0.15, 0.2) is 54.6 Å². The van der Waals surface area contributed by atoms with Gasteiger partial charge < -0.3 is 14.7 Å². The minimum atomic E-state index is -0.968. The molecule has 294 valence electrons. The van der Waals surface area contributed by atoms with Crippen LogP contribution >= 0.6 is 11.6 Å². The van der Waals surface area contributed by atoms with Gasteiger partial charge in [0.2, 0.25) is 11.8 Å². The standard InChI is InChI=1S/C44H46ClN7O5/c1-27-44(14-19-51(27)34-7-4-30(23-46)37(45)22-34)12-17-49(18-13-44)33-5-2-29(3-6-33)41(55)50-15-10-28(11-16-50)24-48-25-31-20-35-36(21-32(31)26-48)43(57)52(42(35)56)38-8-9-39(53)47-40(38)54/h2-7,20-22,27-28,38H,8-19,24-26H2,1H3,(H,47,53,54)/t27-,38?/m1/s1. The van der Waals surface area contributed by atoms with Crippen LogP contribution in [-0.2, 0) is 22.7 Å². The van der Waals surface area contributed by atoms with Crippen molar-refractivity contribution in [1.82, 2.24) is 20.0 Å². The number of nitriles is 1. The maximum atomic E-state index is 13.6. The van der Waals surface area contributed by atoms with E-state index in [-0.39, 0.29) is 24.2 Å². The number of hydrogen-bond donors (Lipinski definition) is 1. The first-order chi connectivity index (χ1) is 27.5. The summed E-state index contributed by atoms with van der Waals surface area (Å²) in [6.07, 6.45) is 5.39. The fourth-order valence-electron chi connectivity index (χ4n) is 10.3. The number of piperidine rings is 3. The normalized spacial score (nSPS) is 23.6. The van der Waals surface area contributed by atoms with Gasteiger partial charge in [0.1, 0.15) is 12.1 Å². The molecular formula is C44H46ClN7O5. The molecule has 3 aromatic rings. The van der Waals surface area contributed by atoms with Crippen LogP contribution in [-0.4, -0.2) is 95.6 Å². The fourth-order valence-corrected chi connectivity index (χ4v) is 10.5. The third-order valence-electron chi connectivity index (χ3n) is 13.8. The van der Waals surface area contributed by atoms with Gasteiger partial charge in [-0.3, -0.25) is 39.1 Å². The van der Waals surface area contributed by atoms with E-state index in [1.165, 1.54) is 0 Å². The first-order valence-electron chi connectivity index (χ1n) is 20.2. The lowest BCUT2D eigenvalue weighted by Crippen LogP contribution is -2.54. The molecular weight excluding hydrogens is 742 g/mol. The molecule has 13 heteroatoms. The van der Waals surface area contributed by atoms with Crippen molar-refractivity contribution in [2.24, 2.45) is 11.3 Å². The minimum Gasteiger partial charge on any atom is -0.371 e. The maximum Gasteiger partial charge on any atom is 0.262 e. The molecule has 0 aromatic heterocycles. The zero-order chi connectivity index (χ0) is 39.6. The van der Waals surface area contributed by atoms with Crippen molar-refractivity contribution in [2.75, 3.05) is 49.1 Å². The molecule has 0 aliphatic carbocycles. The second-order valence-electron chi connectivity index (χ2n) is 16.8. The van der Waals surface area contributed by atoms with Crippen molar-refractivity contribution in [3.8, 4) is 6.07 Å². The van der Waals surface area contributed by atoms with Gasteiger partial charge in [0.05, 0.1) is 21.7 Å². The number of fused-ring (bicyclic) bond motifs is 2. The molecule has 12 nitrogen and oxygen atoms in total. The Morgan fingerprint density at radius 2 is 1.47 bits per heavy atom. The van der Waals surface area contributed by atoms with Gasteiger partial charge in [-0.1, -0.05) is 11.6 Å². The molecule has 2 atom stereocenters. The highest BCUT2D eigenvalue weighted by atomic mass is 35.5. The zero-order valence-corrected chi connectivity index (χ0v) is 32.9. The third kappa shape index (κ3) is 6.64. The van der Waals surface area contributed by atoms with E-state index in [0.717, 1.165) is 91.2 Å². The van der Waals surface area contributed by atoms with Crippen LogP contribution in [0.2, 0.25) is 5.02 Å². The topological polar surface area (TPSA) is 137 Å². The summed E-state index contributed by atoms with van der Waals surface area (Å²) in [7, 11) is 0. The number of amides is 5. The van der Waals surface area contributed by atoms with Gasteiger partial charge in [-0.15, -0.1) is 0 Å². The summed E-state index contributed by atoms with van der Waals surface area (Å²) in [5, 5.41) is 12.0. The van der Waals surface area contributed by atoms with E-state index in [2.05, 4.69) is 45.1 Å². The number of anilines is 2. The zero-order valence-electron chi connectivity index (χ0n) is 32.1. The van der Waals surface area contributed by atoms with Crippen LogP contribution in [0, 0.1) is 22.7 Å². The molecule has 57 heavy (non-hydrogen) atoms. The number of nitrogens with zero attached hydrogens (tertiary/aromatic N) is 6. The molecule has 6 aliphatic rings. The first kappa shape index (κ1) is 37.3. The fraction of sp³-hybridized carbons (Fsp3) is 0.455. The second-order valence-corrected chi connectivity index (χ2v) is 17.2. The van der Waals surface area contributed by atoms with Gasteiger partial charge >= 0.3 is 0 Å². The van der Waals surface area contributed by atoms with Crippen LogP contribution < -0.4 is 15.1 Å².